The number of nitrogens with zero attached hydrogens (tertiary/aromatic N) is 2. The van der Waals surface area contributed by atoms with Gasteiger partial charge in [-0.3, -0.25) is 20.3 Å². The third-order valence-electron chi connectivity index (χ3n) is 1.91. The summed E-state index contributed by atoms with van der Waals surface area (Å²) in [4.78, 5) is 21.0. The summed E-state index contributed by atoms with van der Waals surface area (Å²) in [5, 5.41) is 19.1. The number of rotatable bonds is 3. The van der Waals surface area contributed by atoms with Gasteiger partial charge in [-0.25, -0.2) is 5.84 Å². The van der Waals surface area contributed by atoms with Crippen molar-refractivity contribution in [1.82, 2.24) is 5.43 Å². The number of nitro groups is 1. The molecule has 0 saturated carbocycles. The maximum Gasteiger partial charge on any atom is 0.275 e. The highest BCUT2D eigenvalue weighted by atomic mass is 16.6. The lowest BCUT2D eigenvalue weighted by molar-refractivity contribution is -0.384. The molecular weight excluding hydrogens is 224 g/mol. The first kappa shape index (κ1) is 12.4. The van der Waals surface area contributed by atoms with E-state index in [-0.39, 0.29) is 11.3 Å². The molecule has 0 fully saturated rings. The van der Waals surface area contributed by atoms with Gasteiger partial charge in [0, 0.05) is 12.1 Å². The van der Waals surface area contributed by atoms with E-state index in [1.165, 1.54) is 30.3 Å². The Labute approximate surface area is 96.3 Å². The summed E-state index contributed by atoms with van der Waals surface area (Å²) in [6.45, 7) is 0. The van der Waals surface area contributed by atoms with E-state index in [1.807, 2.05) is 5.43 Å². The molecule has 17 heavy (non-hydrogen) atoms. The van der Waals surface area contributed by atoms with Crippen molar-refractivity contribution in [2.75, 3.05) is 0 Å². The van der Waals surface area contributed by atoms with Gasteiger partial charge in [-0.15, -0.1) is 0 Å². The number of carbonyl (C=O) groups is 1. The molecule has 0 saturated heterocycles. The lowest BCUT2D eigenvalue weighted by Crippen LogP contribution is -2.30. The van der Waals surface area contributed by atoms with Gasteiger partial charge in [-0.1, -0.05) is 0 Å². The summed E-state index contributed by atoms with van der Waals surface area (Å²) in [7, 11) is 0. The minimum Gasteiger partial charge on any atom is -0.290 e. The number of carbonyl (C=O) groups excluding carboxylic acids is 1. The smallest absolute Gasteiger partial charge is 0.275 e. The highest BCUT2D eigenvalue weighted by Crippen LogP contribution is 2.14. The van der Waals surface area contributed by atoms with Gasteiger partial charge in [0.15, 0.2) is 0 Å². The number of hydrogen-bond donors (Lipinski definition) is 2. The molecule has 0 heterocycles. The minimum absolute atomic E-state index is 0.0658. The SMILES string of the molecule is N#CC(=Cc1ccc([N+](=O)[O-])cc1)C(=O)NN. The highest BCUT2D eigenvalue weighted by molar-refractivity contribution is 6.01. The van der Waals surface area contributed by atoms with E-state index in [4.69, 9.17) is 11.1 Å². The quantitative estimate of drug-likeness (QED) is 0.196. The average molecular weight is 232 g/mol. The molecule has 0 unspecified atom stereocenters. The first-order chi connectivity index (χ1) is 8.08. The van der Waals surface area contributed by atoms with Gasteiger partial charge in [-0.05, 0) is 23.8 Å². The minimum atomic E-state index is -0.717. The molecule has 0 spiro atoms. The van der Waals surface area contributed by atoms with E-state index >= 15 is 0 Å². The van der Waals surface area contributed by atoms with Crippen molar-refractivity contribution >= 4 is 17.7 Å². The molecule has 0 bridgehead atoms. The second-order valence-corrected chi connectivity index (χ2v) is 2.99. The van der Waals surface area contributed by atoms with Crippen molar-refractivity contribution in [2.24, 2.45) is 5.84 Å². The molecule has 7 nitrogen and oxygen atoms in total. The molecule has 86 valence electrons. The fourth-order valence-electron chi connectivity index (χ4n) is 1.09. The van der Waals surface area contributed by atoms with Crippen LogP contribution in [0.5, 0.6) is 0 Å². The van der Waals surface area contributed by atoms with E-state index in [2.05, 4.69) is 0 Å². The van der Waals surface area contributed by atoms with Gasteiger partial charge in [0.05, 0.1) is 4.92 Å². The molecule has 0 atom stereocenters. The summed E-state index contributed by atoms with van der Waals surface area (Å²) in [5.74, 6) is 4.17. The van der Waals surface area contributed by atoms with E-state index in [9.17, 15) is 14.9 Å². The Bertz CT molecular complexity index is 513. The maximum atomic E-state index is 11.1. The predicted molar refractivity (Wildman–Crippen MR) is 59.0 cm³/mol. The van der Waals surface area contributed by atoms with E-state index in [0.29, 0.717) is 5.56 Å². The third kappa shape index (κ3) is 3.12. The first-order valence-corrected chi connectivity index (χ1v) is 4.45. The summed E-state index contributed by atoms with van der Waals surface area (Å²) >= 11 is 0. The summed E-state index contributed by atoms with van der Waals surface area (Å²) in [6, 6.07) is 7.09. The van der Waals surface area contributed by atoms with Gasteiger partial charge in [0.2, 0.25) is 0 Å². The Balaban J connectivity index is 3.02. The summed E-state index contributed by atoms with van der Waals surface area (Å²) in [6.07, 6.45) is 1.28. The van der Waals surface area contributed by atoms with Crippen molar-refractivity contribution in [3.8, 4) is 6.07 Å². The zero-order chi connectivity index (χ0) is 12.8. The largest absolute Gasteiger partial charge is 0.290 e. The lowest BCUT2D eigenvalue weighted by Gasteiger charge is -1.97. The van der Waals surface area contributed by atoms with E-state index in [1.54, 1.807) is 6.07 Å². The fourth-order valence-corrected chi connectivity index (χ4v) is 1.09. The van der Waals surface area contributed by atoms with Crippen LogP contribution in [0.1, 0.15) is 5.56 Å². The molecule has 0 aliphatic rings. The molecule has 0 radical (unpaired) electrons. The van der Waals surface area contributed by atoms with Crippen LogP contribution in [0.2, 0.25) is 0 Å². The number of nitro benzene ring substituents is 1. The molecule has 3 N–H and O–H groups in total. The average Bonchev–Trinajstić information content (AvgIpc) is 2.35. The van der Waals surface area contributed by atoms with Crippen LogP contribution in [0.25, 0.3) is 6.08 Å². The van der Waals surface area contributed by atoms with Crippen LogP contribution in [-0.4, -0.2) is 10.8 Å². The highest BCUT2D eigenvalue weighted by Gasteiger charge is 2.07. The Hall–Kier alpha value is -2.72. The fraction of sp³-hybridized carbons (Fsp3) is 0. The second kappa shape index (κ2) is 5.39. The Morgan fingerprint density at radius 3 is 2.47 bits per heavy atom. The Kier molecular flexibility index (Phi) is 3.91. The molecule has 1 aromatic rings. The zero-order valence-electron chi connectivity index (χ0n) is 8.58. The third-order valence-corrected chi connectivity index (χ3v) is 1.91. The Morgan fingerprint density at radius 1 is 1.47 bits per heavy atom. The van der Waals surface area contributed by atoms with Gasteiger partial charge in [-0.2, -0.15) is 5.26 Å². The van der Waals surface area contributed by atoms with Crippen molar-refractivity contribution in [3.63, 3.8) is 0 Å². The molecule has 1 rings (SSSR count). The normalized spacial score (nSPS) is 10.5. The molecule has 1 amide bonds. The molecule has 0 aliphatic carbocycles. The van der Waals surface area contributed by atoms with E-state index in [0.717, 1.165) is 0 Å². The van der Waals surface area contributed by atoms with Crippen LogP contribution in [0.3, 0.4) is 0 Å². The van der Waals surface area contributed by atoms with Crippen LogP contribution in [-0.2, 0) is 4.79 Å². The number of nitrogens with one attached hydrogen (secondary N) is 1. The number of hydrogen-bond acceptors (Lipinski definition) is 5. The molecule has 0 aliphatic heterocycles. The van der Waals surface area contributed by atoms with Crippen molar-refractivity contribution in [1.29, 1.82) is 5.26 Å². The topological polar surface area (TPSA) is 122 Å². The Morgan fingerprint density at radius 2 is 2.06 bits per heavy atom. The molecular formula is C10H8N4O3. The van der Waals surface area contributed by atoms with Crippen LogP contribution in [0.4, 0.5) is 5.69 Å². The predicted octanol–water partition coefficient (Wildman–Crippen LogP) is 0.492. The van der Waals surface area contributed by atoms with Crippen LogP contribution < -0.4 is 11.3 Å². The van der Waals surface area contributed by atoms with Gasteiger partial charge in [0.25, 0.3) is 11.6 Å². The van der Waals surface area contributed by atoms with Crippen molar-refractivity contribution in [3.05, 3.63) is 45.5 Å². The number of nitrogens with two attached hydrogens (primary N) is 1. The van der Waals surface area contributed by atoms with Crippen LogP contribution in [0, 0.1) is 21.4 Å². The number of nitriles is 1. The molecule has 1 aromatic carbocycles. The number of non-ortho nitro benzene ring substituents is 1. The monoisotopic (exact) mass is 232 g/mol. The first-order valence-electron chi connectivity index (χ1n) is 4.45. The number of benzene rings is 1. The number of hydrazine groups is 1. The lowest BCUT2D eigenvalue weighted by atomic mass is 10.1. The standard InChI is InChI=1S/C10H8N4O3/c11-6-8(10(15)13-12)5-7-1-3-9(4-2-7)14(16)17/h1-5H,12H2,(H,13,15). The number of amides is 1. The van der Waals surface area contributed by atoms with Crippen LogP contribution in [0.15, 0.2) is 29.8 Å². The molecule has 0 aromatic heterocycles. The van der Waals surface area contributed by atoms with Gasteiger partial charge < -0.3 is 0 Å². The second-order valence-electron chi connectivity index (χ2n) is 2.99. The maximum absolute atomic E-state index is 11.1. The van der Waals surface area contributed by atoms with Gasteiger partial charge in [0.1, 0.15) is 11.6 Å². The molecule has 7 heteroatoms. The van der Waals surface area contributed by atoms with Crippen molar-refractivity contribution in [2.45, 2.75) is 0 Å². The van der Waals surface area contributed by atoms with Gasteiger partial charge >= 0.3 is 0 Å². The summed E-state index contributed by atoms with van der Waals surface area (Å²) < 4.78 is 0. The van der Waals surface area contributed by atoms with E-state index < -0.39 is 10.8 Å². The zero-order valence-corrected chi connectivity index (χ0v) is 8.58. The summed E-state index contributed by atoms with van der Waals surface area (Å²) in [5.41, 5.74) is 2.08. The van der Waals surface area contributed by atoms with Crippen LogP contribution >= 0.6 is 0 Å². The van der Waals surface area contributed by atoms with Crippen molar-refractivity contribution < 1.29 is 9.72 Å².